The molecule has 2 aliphatic rings. The summed E-state index contributed by atoms with van der Waals surface area (Å²) in [4.78, 5) is 41.5. The molecule has 2 heterocycles. The molecule has 1 aliphatic carbocycles. The first kappa shape index (κ1) is 24.0. The lowest BCUT2D eigenvalue weighted by atomic mass is 9.94. The third-order valence-corrected chi connectivity index (χ3v) is 7.07. The van der Waals surface area contributed by atoms with Gasteiger partial charge in [-0.25, -0.2) is 0 Å². The normalized spacial score (nSPS) is 20.3. The van der Waals surface area contributed by atoms with Crippen LogP contribution in [0.25, 0.3) is 0 Å². The van der Waals surface area contributed by atoms with Crippen LogP contribution in [0.15, 0.2) is 30.3 Å². The number of amides is 3. The van der Waals surface area contributed by atoms with Crippen LogP contribution in [0.3, 0.4) is 0 Å². The maximum absolute atomic E-state index is 13.5. The van der Waals surface area contributed by atoms with Gasteiger partial charge in [-0.1, -0.05) is 45.2 Å². The fraction of sp³-hybridized carbons (Fsp3) is 0.538. The molecule has 0 saturated heterocycles. The number of fused-ring (bicyclic) bond motifs is 1. The van der Waals surface area contributed by atoms with E-state index in [1.54, 1.807) is 4.90 Å². The van der Waals surface area contributed by atoms with E-state index in [0.717, 1.165) is 44.9 Å². The van der Waals surface area contributed by atoms with E-state index in [1.807, 2.05) is 31.2 Å². The quantitative estimate of drug-likeness (QED) is 0.620. The van der Waals surface area contributed by atoms with Gasteiger partial charge in [0.1, 0.15) is 11.2 Å². The Bertz CT molecular complexity index is 1050. The zero-order valence-corrected chi connectivity index (χ0v) is 20.4. The lowest BCUT2D eigenvalue weighted by molar-refractivity contribution is -0.133. The SMILES string of the molecule is CCCCN1C(=O)c2cc(C(=O)Nc3ccc(CC)cc3)nn2CC1(C)C(=O)NC1CCCC1. The van der Waals surface area contributed by atoms with Gasteiger partial charge in [0.25, 0.3) is 11.8 Å². The van der Waals surface area contributed by atoms with Gasteiger partial charge in [0.2, 0.25) is 5.91 Å². The van der Waals surface area contributed by atoms with E-state index >= 15 is 0 Å². The molecule has 1 fully saturated rings. The number of hydrogen-bond acceptors (Lipinski definition) is 4. The molecule has 0 spiro atoms. The second-order valence-corrected chi connectivity index (χ2v) is 9.62. The molecule has 0 radical (unpaired) electrons. The summed E-state index contributed by atoms with van der Waals surface area (Å²) in [7, 11) is 0. The smallest absolute Gasteiger partial charge is 0.276 e. The van der Waals surface area contributed by atoms with Gasteiger partial charge in [-0.2, -0.15) is 5.10 Å². The van der Waals surface area contributed by atoms with Crippen molar-refractivity contribution >= 4 is 23.4 Å². The van der Waals surface area contributed by atoms with Gasteiger partial charge in [0.05, 0.1) is 6.54 Å². The predicted octanol–water partition coefficient (Wildman–Crippen LogP) is 3.77. The molecule has 3 amide bonds. The number of rotatable bonds is 8. The van der Waals surface area contributed by atoms with Crippen molar-refractivity contribution in [2.45, 2.75) is 83.8 Å². The molecule has 8 heteroatoms. The number of anilines is 1. The Kier molecular flexibility index (Phi) is 7.05. The van der Waals surface area contributed by atoms with Crippen molar-refractivity contribution in [2.75, 3.05) is 11.9 Å². The Balaban J connectivity index is 1.57. The molecule has 2 aromatic rings. The number of hydrogen-bond donors (Lipinski definition) is 2. The van der Waals surface area contributed by atoms with Crippen LogP contribution in [0, 0.1) is 0 Å². The van der Waals surface area contributed by atoms with E-state index in [4.69, 9.17) is 0 Å². The van der Waals surface area contributed by atoms with E-state index < -0.39 is 5.54 Å². The molecule has 1 atom stereocenters. The number of benzene rings is 1. The summed E-state index contributed by atoms with van der Waals surface area (Å²) in [6.45, 7) is 6.65. The largest absolute Gasteiger partial charge is 0.351 e. The Morgan fingerprint density at radius 3 is 2.50 bits per heavy atom. The second kappa shape index (κ2) is 9.99. The summed E-state index contributed by atoms with van der Waals surface area (Å²) in [5, 5.41) is 10.4. The minimum Gasteiger partial charge on any atom is -0.351 e. The van der Waals surface area contributed by atoms with Crippen LogP contribution < -0.4 is 10.6 Å². The molecule has 1 aromatic heterocycles. The number of unbranched alkanes of at least 4 members (excludes halogenated alkanes) is 1. The number of nitrogens with zero attached hydrogens (tertiary/aromatic N) is 3. The summed E-state index contributed by atoms with van der Waals surface area (Å²) in [5.41, 5.74) is 1.30. The van der Waals surface area contributed by atoms with Crippen molar-refractivity contribution in [3.8, 4) is 0 Å². The Morgan fingerprint density at radius 1 is 1.15 bits per heavy atom. The minimum absolute atomic E-state index is 0.146. The van der Waals surface area contributed by atoms with Gasteiger partial charge in [-0.05, 0) is 50.3 Å². The summed E-state index contributed by atoms with van der Waals surface area (Å²) < 4.78 is 1.52. The highest BCUT2D eigenvalue weighted by molar-refractivity contribution is 6.06. The summed E-state index contributed by atoms with van der Waals surface area (Å²) in [6, 6.07) is 9.34. The molecule has 1 aromatic carbocycles. The van der Waals surface area contributed by atoms with Crippen molar-refractivity contribution in [1.82, 2.24) is 20.0 Å². The van der Waals surface area contributed by atoms with Gasteiger partial charge in [0, 0.05) is 24.3 Å². The van der Waals surface area contributed by atoms with E-state index in [0.29, 0.717) is 17.9 Å². The lowest BCUT2D eigenvalue weighted by Gasteiger charge is -2.43. The fourth-order valence-electron chi connectivity index (χ4n) is 4.85. The topological polar surface area (TPSA) is 96.3 Å². The molecular weight excluding hydrogens is 430 g/mol. The zero-order valence-electron chi connectivity index (χ0n) is 20.4. The Labute approximate surface area is 201 Å². The molecule has 2 N–H and O–H groups in total. The Hall–Kier alpha value is -3.16. The minimum atomic E-state index is -1.06. The first-order valence-electron chi connectivity index (χ1n) is 12.5. The van der Waals surface area contributed by atoms with E-state index in [9.17, 15) is 14.4 Å². The molecule has 182 valence electrons. The molecule has 4 rings (SSSR count). The van der Waals surface area contributed by atoms with E-state index in [1.165, 1.54) is 16.3 Å². The molecule has 8 nitrogen and oxygen atoms in total. The monoisotopic (exact) mass is 465 g/mol. The van der Waals surface area contributed by atoms with E-state index in [2.05, 4.69) is 29.6 Å². The highest BCUT2D eigenvalue weighted by Crippen LogP contribution is 2.29. The first-order valence-corrected chi connectivity index (χ1v) is 12.5. The zero-order chi connectivity index (χ0) is 24.3. The number of aromatic nitrogens is 2. The Morgan fingerprint density at radius 2 is 1.85 bits per heavy atom. The molecule has 34 heavy (non-hydrogen) atoms. The van der Waals surface area contributed by atoms with Crippen LogP contribution in [0.4, 0.5) is 5.69 Å². The number of carbonyl (C=O) groups is 3. The van der Waals surface area contributed by atoms with Crippen molar-refractivity contribution < 1.29 is 14.4 Å². The predicted molar refractivity (Wildman–Crippen MR) is 131 cm³/mol. The number of aryl methyl sites for hydroxylation is 1. The van der Waals surface area contributed by atoms with Crippen LogP contribution in [-0.2, 0) is 17.8 Å². The third-order valence-electron chi connectivity index (χ3n) is 7.07. The third kappa shape index (κ3) is 4.72. The van der Waals surface area contributed by atoms with Gasteiger partial charge >= 0.3 is 0 Å². The maximum Gasteiger partial charge on any atom is 0.276 e. The molecule has 1 saturated carbocycles. The fourth-order valence-corrected chi connectivity index (χ4v) is 4.85. The molecule has 1 unspecified atom stereocenters. The number of nitrogens with one attached hydrogen (secondary N) is 2. The summed E-state index contributed by atoms with van der Waals surface area (Å²) >= 11 is 0. The highest BCUT2D eigenvalue weighted by Gasteiger charge is 2.48. The van der Waals surface area contributed by atoms with Gasteiger partial charge in [0.15, 0.2) is 5.69 Å². The van der Waals surface area contributed by atoms with Crippen LogP contribution in [0.1, 0.15) is 85.8 Å². The van der Waals surface area contributed by atoms with Crippen LogP contribution in [0.5, 0.6) is 0 Å². The average Bonchev–Trinajstić information content (AvgIpc) is 3.49. The van der Waals surface area contributed by atoms with Gasteiger partial charge < -0.3 is 15.5 Å². The average molecular weight is 466 g/mol. The highest BCUT2D eigenvalue weighted by atomic mass is 16.2. The van der Waals surface area contributed by atoms with Crippen molar-refractivity contribution in [3.63, 3.8) is 0 Å². The molecule has 1 aliphatic heterocycles. The van der Waals surface area contributed by atoms with Crippen LogP contribution in [-0.4, -0.2) is 50.5 Å². The number of carbonyl (C=O) groups excluding carboxylic acids is 3. The van der Waals surface area contributed by atoms with Gasteiger partial charge in [-0.3, -0.25) is 19.1 Å². The maximum atomic E-state index is 13.5. The van der Waals surface area contributed by atoms with Crippen LogP contribution in [0.2, 0.25) is 0 Å². The van der Waals surface area contributed by atoms with Crippen molar-refractivity contribution in [2.24, 2.45) is 0 Å². The van der Waals surface area contributed by atoms with Gasteiger partial charge in [-0.15, -0.1) is 0 Å². The van der Waals surface area contributed by atoms with Crippen LogP contribution >= 0.6 is 0 Å². The van der Waals surface area contributed by atoms with Crippen molar-refractivity contribution in [1.29, 1.82) is 0 Å². The van der Waals surface area contributed by atoms with Crippen molar-refractivity contribution in [3.05, 3.63) is 47.3 Å². The van der Waals surface area contributed by atoms with E-state index in [-0.39, 0.29) is 36.0 Å². The lowest BCUT2D eigenvalue weighted by Crippen LogP contribution is -2.65. The molecule has 0 bridgehead atoms. The second-order valence-electron chi connectivity index (χ2n) is 9.62. The standard InChI is InChI=1S/C26H35N5O3/c1-4-6-15-30-24(33)22-16-21(23(32)27-20-13-11-18(5-2)12-14-20)29-31(22)17-26(30,3)25(34)28-19-9-7-8-10-19/h11-14,16,19H,4-10,15,17H2,1-3H3,(H,27,32)(H,28,34). The molecular formula is C26H35N5O3. The summed E-state index contributed by atoms with van der Waals surface area (Å²) in [5.74, 6) is -0.786. The summed E-state index contributed by atoms with van der Waals surface area (Å²) in [6.07, 6.45) is 6.81. The first-order chi connectivity index (χ1) is 16.4.